The van der Waals surface area contributed by atoms with Crippen LogP contribution in [0.3, 0.4) is 0 Å². The van der Waals surface area contributed by atoms with Crippen molar-refractivity contribution < 1.29 is 4.74 Å². The summed E-state index contributed by atoms with van der Waals surface area (Å²) in [5.41, 5.74) is 4.76. The molecule has 0 aliphatic rings. The van der Waals surface area contributed by atoms with Crippen molar-refractivity contribution in [3.05, 3.63) is 59.2 Å². The van der Waals surface area contributed by atoms with Crippen LogP contribution in [0.5, 0.6) is 5.75 Å². The fourth-order valence-electron chi connectivity index (χ4n) is 2.28. The predicted molar refractivity (Wildman–Crippen MR) is 101 cm³/mol. The monoisotopic (exact) mass is 328 g/mol. The normalized spacial score (nSPS) is 11.7. The molecule has 4 heteroatoms. The van der Waals surface area contributed by atoms with Gasteiger partial charge in [0.1, 0.15) is 5.75 Å². The van der Waals surface area contributed by atoms with E-state index < -0.39 is 0 Å². The van der Waals surface area contributed by atoms with Crippen molar-refractivity contribution in [2.45, 2.75) is 33.7 Å². The summed E-state index contributed by atoms with van der Waals surface area (Å²) in [5.74, 6) is 0.862. The molecule has 2 aromatic carbocycles. The maximum absolute atomic E-state index is 5.43. The van der Waals surface area contributed by atoms with E-state index in [2.05, 4.69) is 49.6 Å². The summed E-state index contributed by atoms with van der Waals surface area (Å²) < 4.78 is 5.43. The molecule has 1 atom stereocenters. The average Bonchev–Trinajstić information content (AvgIpc) is 2.52. The molecule has 23 heavy (non-hydrogen) atoms. The summed E-state index contributed by atoms with van der Waals surface area (Å²) in [5, 5.41) is 7.13. The Balaban J connectivity index is 1.94. The second kappa shape index (κ2) is 7.97. The molecule has 0 heterocycles. The Hall–Kier alpha value is -2.07. The van der Waals surface area contributed by atoms with E-state index in [-0.39, 0.29) is 6.04 Å². The first-order chi connectivity index (χ1) is 11.0. The number of rotatable bonds is 5. The summed E-state index contributed by atoms with van der Waals surface area (Å²) in [7, 11) is 0. The zero-order chi connectivity index (χ0) is 16.8. The SMILES string of the molecule is CCOc1ccc(NC(=S)N[C@H](C)c2ccc(C)c(C)c2)cc1. The van der Waals surface area contributed by atoms with Crippen LogP contribution in [0, 0.1) is 13.8 Å². The third kappa shape index (κ3) is 4.96. The number of anilines is 1. The first-order valence-corrected chi connectivity index (χ1v) is 8.28. The standard InChI is InChI=1S/C19H24N2OS/c1-5-22-18-10-8-17(9-11-18)21-19(23)20-15(4)16-7-6-13(2)14(3)12-16/h6-12,15H,5H2,1-4H3,(H2,20,21,23)/t15-/m1/s1. The topological polar surface area (TPSA) is 33.3 Å². The van der Waals surface area contributed by atoms with Gasteiger partial charge in [0.05, 0.1) is 12.6 Å². The van der Waals surface area contributed by atoms with E-state index >= 15 is 0 Å². The molecule has 0 fully saturated rings. The Labute approximate surface area is 144 Å². The van der Waals surface area contributed by atoms with E-state index in [1.807, 2.05) is 31.2 Å². The van der Waals surface area contributed by atoms with Gasteiger partial charge in [0.2, 0.25) is 0 Å². The Morgan fingerprint density at radius 1 is 1.09 bits per heavy atom. The summed E-state index contributed by atoms with van der Waals surface area (Å²) in [6, 6.07) is 14.4. The Bertz CT molecular complexity index is 668. The van der Waals surface area contributed by atoms with Crippen LogP contribution in [0.2, 0.25) is 0 Å². The molecule has 122 valence electrons. The first kappa shape index (κ1) is 17.3. The highest BCUT2D eigenvalue weighted by Gasteiger charge is 2.08. The van der Waals surface area contributed by atoms with Gasteiger partial charge >= 0.3 is 0 Å². The second-order valence-electron chi connectivity index (χ2n) is 5.62. The van der Waals surface area contributed by atoms with Crippen LogP contribution in [-0.4, -0.2) is 11.7 Å². The molecular formula is C19H24N2OS. The molecule has 0 spiro atoms. The number of nitrogens with one attached hydrogen (secondary N) is 2. The molecule has 2 rings (SSSR count). The largest absolute Gasteiger partial charge is 0.494 e. The second-order valence-corrected chi connectivity index (χ2v) is 6.03. The summed E-state index contributed by atoms with van der Waals surface area (Å²) in [6.45, 7) is 8.99. The van der Waals surface area contributed by atoms with Crippen LogP contribution in [0.25, 0.3) is 0 Å². The van der Waals surface area contributed by atoms with Crippen LogP contribution in [0.4, 0.5) is 5.69 Å². The smallest absolute Gasteiger partial charge is 0.171 e. The Morgan fingerprint density at radius 3 is 2.39 bits per heavy atom. The van der Waals surface area contributed by atoms with Gasteiger partial charge in [0.15, 0.2) is 5.11 Å². The van der Waals surface area contributed by atoms with Crippen LogP contribution in [0.1, 0.15) is 36.6 Å². The Morgan fingerprint density at radius 2 is 1.78 bits per heavy atom. The predicted octanol–water partition coefficient (Wildman–Crippen LogP) is 4.75. The van der Waals surface area contributed by atoms with E-state index in [1.54, 1.807) is 0 Å². The van der Waals surface area contributed by atoms with Crippen molar-refractivity contribution in [1.29, 1.82) is 0 Å². The first-order valence-electron chi connectivity index (χ1n) is 7.87. The lowest BCUT2D eigenvalue weighted by molar-refractivity contribution is 0.340. The van der Waals surface area contributed by atoms with Crippen LogP contribution in [-0.2, 0) is 0 Å². The van der Waals surface area contributed by atoms with E-state index in [0.717, 1.165) is 11.4 Å². The lowest BCUT2D eigenvalue weighted by Crippen LogP contribution is -2.30. The molecule has 0 radical (unpaired) electrons. The number of hydrogen-bond donors (Lipinski definition) is 2. The molecule has 2 N–H and O–H groups in total. The zero-order valence-electron chi connectivity index (χ0n) is 14.1. The van der Waals surface area contributed by atoms with E-state index in [4.69, 9.17) is 17.0 Å². The van der Waals surface area contributed by atoms with Gasteiger partial charge in [-0.1, -0.05) is 18.2 Å². The van der Waals surface area contributed by atoms with Gasteiger partial charge in [-0.25, -0.2) is 0 Å². The third-order valence-electron chi connectivity index (χ3n) is 3.80. The molecule has 0 aliphatic carbocycles. The lowest BCUT2D eigenvalue weighted by Gasteiger charge is -2.18. The highest BCUT2D eigenvalue weighted by atomic mass is 32.1. The van der Waals surface area contributed by atoms with E-state index in [0.29, 0.717) is 11.7 Å². The number of thiocarbonyl (C=S) groups is 1. The van der Waals surface area contributed by atoms with E-state index in [1.165, 1.54) is 16.7 Å². The molecule has 0 aromatic heterocycles. The quantitative estimate of drug-likeness (QED) is 0.776. The van der Waals surface area contributed by atoms with Crippen molar-refractivity contribution >= 4 is 23.0 Å². The number of ether oxygens (including phenoxy) is 1. The average molecular weight is 328 g/mol. The summed E-state index contributed by atoms with van der Waals surface area (Å²) in [4.78, 5) is 0. The molecule has 2 aromatic rings. The number of aryl methyl sites for hydroxylation is 2. The van der Waals surface area contributed by atoms with Gasteiger partial charge in [-0.2, -0.15) is 0 Å². The highest BCUT2D eigenvalue weighted by Crippen LogP contribution is 2.18. The van der Waals surface area contributed by atoms with Crippen molar-refractivity contribution in [2.24, 2.45) is 0 Å². The number of benzene rings is 2. The van der Waals surface area contributed by atoms with Gasteiger partial charge < -0.3 is 15.4 Å². The van der Waals surface area contributed by atoms with Crippen LogP contribution < -0.4 is 15.4 Å². The lowest BCUT2D eigenvalue weighted by atomic mass is 10.0. The molecule has 0 saturated heterocycles. The maximum atomic E-state index is 5.43. The molecule has 0 aliphatic heterocycles. The van der Waals surface area contributed by atoms with Gasteiger partial charge in [-0.05, 0) is 80.9 Å². The molecule has 0 bridgehead atoms. The fraction of sp³-hybridized carbons (Fsp3) is 0.316. The van der Waals surface area contributed by atoms with Crippen LogP contribution in [0.15, 0.2) is 42.5 Å². The van der Waals surface area contributed by atoms with Gasteiger partial charge in [-0.15, -0.1) is 0 Å². The van der Waals surface area contributed by atoms with Gasteiger partial charge in [0, 0.05) is 5.69 Å². The maximum Gasteiger partial charge on any atom is 0.171 e. The summed E-state index contributed by atoms with van der Waals surface area (Å²) >= 11 is 5.40. The van der Waals surface area contributed by atoms with Gasteiger partial charge in [-0.3, -0.25) is 0 Å². The van der Waals surface area contributed by atoms with Crippen molar-refractivity contribution in [3.8, 4) is 5.75 Å². The summed E-state index contributed by atoms with van der Waals surface area (Å²) in [6.07, 6.45) is 0. The van der Waals surface area contributed by atoms with Crippen molar-refractivity contribution in [2.75, 3.05) is 11.9 Å². The minimum Gasteiger partial charge on any atom is -0.494 e. The zero-order valence-corrected chi connectivity index (χ0v) is 15.0. The van der Waals surface area contributed by atoms with Crippen LogP contribution >= 0.6 is 12.2 Å². The number of hydrogen-bond acceptors (Lipinski definition) is 2. The molecule has 0 amide bonds. The van der Waals surface area contributed by atoms with E-state index in [9.17, 15) is 0 Å². The molecular weight excluding hydrogens is 304 g/mol. The van der Waals surface area contributed by atoms with Crippen molar-refractivity contribution in [1.82, 2.24) is 5.32 Å². The Kier molecular flexibility index (Phi) is 5.99. The molecule has 0 saturated carbocycles. The highest BCUT2D eigenvalue weighted by molar-refractivity contribution is 7.80. The van der Waals surface area contributed by atoms with Crippen molar-refractivity contribution in [3.63, 3.8) is 0 Å². The minimum absolute atomic E-state index is 0.150. The molecule has 3 nitrogen and oxygen atoms in total. The molecule has 0 unspecified atom stereocenters. The fourth-order valence-corrected chi connectivity index (χ4v) is 2.58. The van der Waals surface area contributed by atoms with Gasteiger partial charge in [0.25, 0.3) is 0 Å². The third-order valence-corrected chi connectivity index (χ3v) is 4.02. The minimum atomic E-state index is 0.150.